The van der Waals surface area contributed by atoms with Crippen LogP contribution in [-0.2, 0) is 6.54 Å². The number of aryl methyl sites for hydroxylation is 2. The zero-order chi connectivity index (χ0) is 13.8. The van der Waals surface area contributed by atoms with Crippen LogP contribution >= 0.6 is 0 Å². The molecule has 2 rings (SSSR count). The lowest BCUT2D eigenvalue weighted by Gasteiger charge is -2.09. The maximum absolute atomic E-state index is 4.64. The van der Waals surface area contributed by atoms with E-state index in [1.807, 2.05) is 13.0 Å². The number of nitrogens with zero attached hydrogens (tertiary/aromatic N) is 2. The molecule has 3 heteroatoms. The molecule has 0 saturated carbocycles. The third-order valence-electron chi connectivity index (χ3n) is 2.88. The Bertz CT molecular complexity index is 562. The first-order chi connectivity index (χ1) is 9.04. The highest BCUT2D eigenvalue weighted by molar-refractivity contribution is 5.60. The molecule has 0 unspecified atom stereocenters. The molecular formula is C16H21N3. The number of rotatable bonds is 4. The fraction of sp³-hybridized carbons (Fsp3) is 0.375. The van der Waals surface area contributed by atoms with Gasteiger partial charge in [0.1, 0.15) is 5.82 Å². The first kappa shape index (κ1) is 13.7. The van der Waals surface area contributed by atoms with Crippen LogP contribution in [-0.4, -0.2) is 16.0 Å². The zero-order valence-corrected chi connectivity index (χ0v) is 12.1. The first-order valence-electron chi connectivity index (χ1n) is 6.69. The normalized spacial score (nSPS) is 11.0. The Hall–Kier alpha value is -1.74. The molecule has 1 heterocycles. The van der Waals surface area contributed by atoms with Crippen LogP contribution in [0.3, 0.4) is 0 Å². The van der Waals surface area contributed by atoms with Crippen molar-refractivity contribution in [3.63, 3.8) is 0 Å². The number of benzene rings is 1. The summed E-state index contributed by atoms with van der Waals surface area (Å²) < 4.78 is 0. The van der Waals surface area contributed by atoms with Gasteiger partial charge in [-0.2, -0.15) is 0 Å². The van der Waals surface area contributed by atoms with Crippen LogP contribution in [0.5, 0.6) is 0 Å². The van der Waals surface area contributed by atoms with Gasteiger partial charge in [0.2, 0.25) is 0 Å². The van der Waals surface area contributed by atoms with Crippen molar-refractivity contribution < 1.29 is 0 Å². The lowest BCUT2D eigenvalue weighted by atomic mass is 10.1. The summed E-state index contributed by atoms with van der Waals surface area (Å²) in [5.41, 5.74) is 4.40. The van der Waals surface area contributed by atoms with Gasteiger partial charge in [-0.3, -0.25) is 0 Å². The zero-order valence-electron chi connectivity index (χ0n) is 12.1. The van der Waals surface area contributed by atoms with Gasteiger partial charge in [0.05, 0.1) is 12.2 Å². The minimum atomic E-state index is 0.437. The fourth-order valence-corrected chi connectivity index (χ4v) is 1.96. The predicted octanol–water partition coefficient (Wildman–Crippen LogP) is 3.26. The van der Waals surface area contributed by atoms with Crippen molar-refractivity contribution in [3.05, 3.63) is 47.4 Å². The SMILES string of the molecule is Cc1cccc(-c2cc(C)nc(CNC(C)C)n2)c1. The van der Waals surface area contributed by atoms with Crippen LogP contribution in [0, 0.1) is 13.8 Å². The Balaban J connectivity index is 2.31. The lowest BCUT2D eigenvalue weighted by Crippen LogP contribution is -2.23. The Kier molecular flexibility index (Phi) is 4.27. The third kappa shape index (κ3) is 3.86. The summed E-state index contributed by atoms with van der Waals surface area (Å²) >= 11 is 0. The van der Waals surface area contributed by atoms with Gasteiger partial charge < -0.3 is 5.32 Å². The van der Waals surface area contributed by atoms with Gasteiger partial charge in [-0.25, -0.2) is 9.97 Å². The van der Waals surface area contributed by atoms with Crippen molar-refractivity contribution in [1.29, 1.82) is 0 Å². The summed E-state index contributed by atoms with van der Waals surface area (Å²) in [6.07, 6.45) is 0. The van der Waals surface area contributed by atoms with Crippen molar-refractivity contribution in [2.24, 2.45) is 0 Å². The third-order valence-corrected chi connectivity index (χ3v) is 2.88. The van der Waals surface area contributed by atoms with Gasteiger partial charge in [-0.15, -0.1) is 0 Å². The van der Waals surface area contributed by atoms with Crippen molar-refractivity contribution in [2.75, 3.05) is 0 Å². The van der Waals surface area contributed by atoms with E-state index in [1.54, 1.807) is 0 Å². The standard InChI is InChI=1S/C16H21N3/c1-11(2)17-10-16-18-13(4)9-15(19-16)14-7-5-6-12(3)8-14/h5-9,11,17H,10H2,1-4H3. The Labute approximate surface area is 115 Å². The molecule has 0 bridgehead atoms. The van der Waals surface area contributed by atoms with Crippen molar-refractivity contribution >= 4 is 0 Å². The molecule has 2 aromatic rings. The molecular weight excluding hydrogens is 234 g/mol. The van der Waals surface area contributed by atoms with Gasteiger partial charge in [-0.05, 0) is 26.0 Å². The fourth-order valence-electron chi connectivity index (χ4n) is 1.96. The van der Waals surface area contributed by atoms with Gasteiger partial charge in [0.25, 0.3) is 0 Å². The average molecular weight is 255 g/mol. The number of hydrogen-bond acceptors (Lipinski definition) is 3. The molecule has 0 aliphatic rings. The van der Waals surface area contributed by atoms with E-state index in [4.69, 9.17) is 0 Å². The minimum Gasteiger partial charge on any atom is -0.308 e. The maximum Gasteiger partial charge on any atom is 0.143 e. The van der Waals surface area contributed by atoms with Gasteiger partial charge in [-0.1, -0.05) is 37.6 Å². The van der Waals surface area contributed by atoms with Crippen molar-refractivity contribution in [2.45, 2.75) is 40.3 Å². The quantitative estimate of drug-likeness (QED) is 0.911. The summed E-state index contributed by atoms with van der Waals surface area (Å²) in [5, 5.41) is 3.35. The molecule has 1 N–H and O–H groups in total. The van der Waals surface area contributed by atoms with Crippen molar-refractivity contribution in [3.8, 4) is 11.3 Å². The molecule has 0 atom stereocenters. The van der Waals surface area contributed by atoms with Crippen LogP contribution < -0.4 is 5.32 Å². The number of aromatic nitrogens is 2. The molecule has 0 saturated heterocycles. The molecule has 1 aromatic heterocycles. The Morgan fingerprint density at radius 2 is 1.89 bits per heavy atom. The van der Waals surface area contributed by atoms with E-state index in [9.17, 15) is 0 Å². The van der Waals surface area contributed by atoms with E-state index in [0.717, 1.165) is 22.8 Å². The van der Waals surface area contributed by atoms with Crippen LogP contribution in [0.25, 0.3) is 11.3 Å². The Morgan fingerprint density at radius 1 is 1.11 bits per heavy atom. The maximum atomic E-state index is 4.64. The smallest absolute Gasteiger partial charge is 0.143 e. The summed E-state index contributed by atoms with van der Waals surface area (Å²) in [6.45, 7) is 9.06. The van der Waals surface area contributed by atoms with E-state index in [-0.39, 0.29) is 0 Å². The largest absolute Gasteiger partial charge is 0.308 e. The topological polar surface area (TPSA) is 37.8 Å². The first-order valence-corrected chi connectivity index (χ1v) is 6.69. The van der Waals surface area contributed by atoms with E-state index in [0.29, 0.717) is 12.6 Å². The summed E-state index contributed by atoms with van der Waals surface area (Å²) in [4.78, 5) is 9.12. The summed E-state index contributed by atoms with van der Waals surface area (Å²) in [5.74, 6) is 0.852. The van der Waals surface area contributed by atoms with Crippen LogP contribution in [0.15, 0.2) is 30.3 Å². The second kappa shape index (κ2) is 5.93. The summed E-state index contributed by atoms with van der Waals surface area (Å²) in [6, 6.07) is 10.9. The molecule has 0 spiro atoms. The molecule has 3 nitrogen and oxygen atoms in total. The van der Waals surface area contributed by atoms with E-state index < -0.39 is 0 Å². The van der Waals surface area contributed by atoms with E-state index >= 15 is 0 Å². The molecule has 0 aliphatic carbocycles. The average Bonchev–Trinajstić information content (AvgIpc) is 2.36. The molecule has 0 aliphatic heterocycles. The van der Waals surface area contributed by atoms with E-state index in [1.165, 1.54) is 5.56 Å². The highest BCUT2D eigenvalue weighted by Crippen LogP contribution is 2.19. The number of nitrogens with one attached hydrogen (secondary N) is 1. The molecule has 100 valence electrons. The second-order valence-electron chi connectivity index (χ2n) is 5.22. The highest BCUT2D eigenvalue weighted by atomic mass is 15.0. The van der Waals surface area contributed by atoms with Crippen LogP contribution in [0.2, 0.25) is 0 Å². The lowest BCUT2D eigenvalue weighted by molar-refractivity contribution is 0.571. The number of hydrogen-bond donors (Lipinski definition) is 1. The van der Waals surface area contributed by atoms with Crippen LogP contribution in [0.4, 0.5) is 0 Å². The van der Waals surface area contributed by atoms with Crippen LogP contribution in [0.1, 0.15) is 30.9 Å². The molecule has 0 fully saturated rings. The molecule has 1 aromatic carbocycles. The Morgan fingerprint density at radius 3 is 2.58 bits per heavy atom. The predicted molar refractivity (Wildman–Crippen MR) is 78.9 cm³/mol. The van der Waals surface area contributed by atoms with Gasteiger partial charge in [0, 0.05) is 17.3 Å². The molecule has 0 radical (unpaired) electrons. The highest BCUT2D eigenvalue weighted by Gasteiger charge is 2.05. The van der Waals surface area contributed by atoms with Gasteiger partial charge in [0.15, 0.2) is 0 Å². The van der Waals surface area contributed by atoms with Gasteiger partial charge >= 0.3 is 0 Å². The van der Waals surface area contributed by atoms with E-state index in [2.05, 4.69) is 60.3 Å². The summed E-state index contributed by atoms with van der Waals surface area (Å²) in [7, 11) is 0. The minimum absolute atomic E-state index is 0.437. The second-order valence-corrected chi connectivity index (χ2v) is 5.22. The molecule has 0 amide bonds. The monoisotopic (exact) mass is 255 g/mol. The van der Waals surface area contributed by atoms with Crippen molar-refractivity contribution in [1.82, 2.24) is 15.3 Å². The molecule has 19 heavy (non-hydrogen) atoms.